The van der Waals surface area contributed by atoms with Crippen LogP contribution in [-0.2, 0) is 9.84 Å². The molecule has 0 spiro atoms. The van der Waals surface area contributed by atoms with Crippen molar-refractivity contribution in [1.82, 2.24) is 0 Å². The van der Waals surface area contributed by atoms with E-state index in [-0.39, 0.29) is 10.6 Å². The largest absolute Gasteiger partial charge is 0.495 e. The maximum Gasteiger partial charge on any atom is 0.200 e. The molecule has 0 aromatic heterocycles. The highest BCUT2D eigenvalue weighted by Gasteiger charge is 2.37. The van der Waals surface area contributed by atoms with E-state index in [0.717, 1.165) is 5.56 Å². The Morgan fingerprint density at radius 2 is 1.94 bits per heavy atom. The molecule has 0 saturated carbocycles. The standard InChI is InChI=1S/C12H15NO3S/c1-9-5-6-10(16-4)11(7-9)17(14,15)12(2,3)8-13/h5-7H,1-4H3. The number of hydrogen-bond donors (Lipinski definition) is 0. The predicted octanol–water partition coefficient (Wildman–Crippen LogP) is 2.08. The van der Waals surface area contributed by atoms with Gasteiger partial charge in [0.25, 0.3) is 0 Å². The first-order chi connectivity index (χ1) is 7.76. The van der Waals surface area contributed by atoms with Gasteiger partial charge in [0.15, 0.2) is 4.75 Å². The Morgan fingerprint density at radius 1 is 1.35 bits per heavy atom. The minimum Gasteiger partial charge on any atom is -0.495 e. The second kappa shape index (κ2) is 4.38. The van der Waals surface area contributed by atoms with Gasteiger partial charge in [-0.15, -0.1) is 0 Å². The minimum atomic E-state index is -3.74. The molecule has 1 aromatic rings. The lowest BCUT2D eigenvalue weighted by molar-refractivity contribution is 0.402. The molecule has 1 aromatic carbocycles. The van der Waals surface area contributed by atoms with Gasteiger partial charge >= 0.3 is 0 Å². The molecule has 0 bridgehead atoms. The molecule has 17 heavy (non-hydrogen) atoms. The normalized spacial score (nSPS) is 11.9. The summed E-state index contributed by atoms with van der Waals surface area (Å²) < 4.78 is 28.2. The molecule has 0 amide bonds. The first kappa shape index (κ1) is 13.5. The zero-order valence-electron chi connectivity index (χ0n) is 10.3. The second-order valence-electron chi connectivity index (χ2n) is 4.28. The van der Waals surface area contributed by atoms with Crippen LogP contribution in [0.15, 0.2) is 23.1 Å². The van der Waals surface area contributed by atoms with Gasteiger partial charge in [-0.3, -0.25) is 0 Å². The molecular formula is C12H15NO3S. The van der Waals surface area contributed by atoms with E-state index in [2.05, 4.69) is 0 Å². The lowest BCUT2D eigenvalue weighted by atomic mass is 10.2. The summed E-state index contributed by atoms with van der Waals surface area (Å²) in [6, 6.07) is 6.68. The summed E-state index contributed by atoms with van der Waals surface area (Å²) >= 11 is 0. The van der Waals surface area contributed by atoms with Crippen LogP contribution in [0.1, 0.15) is 19.4 Å². The summed E-state index contributed by atoms with van der Waals surface area (Å²) in [5, 5.41) is 8.95. The Kier molecular flexibility index (Phi) is 3.48. The maximum atomic E-state index is 12.3. The second-order valence-corrected chi connectivity index (χ2v) is 6.75. The summed E-state index contributed by atoms with van der Waals surface area (Å²) in [4.78, 5) is 0.0616. The van der Waals surface area contributed by atoms with Crippen LogP contribution in [-0.4, -0.2) is 20.3 Å². The highest BCUT2D eigenvalue weighted by atomic mass is 32.2. The maximum absolute atomic E-state index is 12.3. The first-order valence-corrected chi connectivity index (χ1v) is 6.55. The smallest absolute Gasteiger partial charge is 0.200 e. The van der Waals surface area contributed by atoms with Crippen LogP contribution in [0.25, 0.3) is 0 Å². The lowest BCUT2D eigenvalue weighted by Gasteiger charge is -2.18. The van der Waals surface area contributed by atoms with E-state index >= 15 is 0 Å². The van der Waals surface area contributed by atoms with Crippen LogP contribution in [0.5, 0.6) is 5.75 Å². The molecule has 0 saturated heterocycles. The van der Waals surface area contributed by atoms with E-state index < -0.39 is 14.6 Å². The average molecular weight is 253 g/mol. The van der Waals surface area contributed by atoms with Gasteiger partial charge in [0, 0.05) is 0 Å². The Bertz CT molecular complexity index is 568. The van der Waals surface area contributed by atoms with Crippen LogP contribution < -0.4 is 4.74 Å². The van der Waals surface area contributed by atoms with Crippen LogP contribution in [0.4, 0.5) is 0 Å². The number of sulfone groups is 1. The van der Waals surface area contributed by atoms with Crippen molar-refractivity contribution in [3.63, 3.8) is 0 Å². The molecule has 4 nitrogen and oxygen atoms in total. The number of ether oxygens (including phenoxy) is 1. The Hall–Kier alpha value is -1.54. The van der Waals surface area contributed by atoms with Crippen molar-refractivity contribution in [1.29, 1.82) is 5.26 Å². The lowest BCUT2D eigenvalue weighted by Crippen LogP contribution is -2.30. The number of aryl methyl sites for hydroxylation is 1. The third-order valence-corrected chi connectivity index (χ3v) is 4.88. The fourth-order valence-corrected chi connectivity index (χ4v) is 2.76. The van der Waals surface area contributed by atoms with Crippen molar-refractivity contribution in [2.45, 2.75) is 30.4 Å². The molecule has 0 fully saturated rings. The number of rotatable bonds is 3. The SMILES string of the molecule is COc1ccc(C)cc1S(=O)(=O)C(C)(C)C#N. The summed E-state index contributed by atoms with van der Waals surface area (Å²) in [5.74, 6) is 0.263. The van der Waals surface area contributed by atoms with Gasteiger partial charge < -0.3 is 4.74 Å². The molecule has 0 atom stereocenters. The van der Waals surface area contributed by atoms with E-state index in [9.17, 15) is 8.42 Å². The number of hydrogen-bond acceptors (Lipinski definition) is 4. The molecular weight excluding hydrogens is 238 g/mol. The van der Waals surface area contributed by atoms with Gasteiger partial charge in [-0.1, -0.05) is 6.07 Å². The average Bonchev–Trinajstić information content (AvgIpc) is 2.28. The van der Waals surface area contributed by atoms with Gasteiger partial charge in [-0.2, -0.15) is 5.26 Å². The van der Waals surface area contributed by atoms with Crippen molar-refractivity contribution in [3.05, 3.63) is 23.8 Å². The van der Waals surface area contributed by atoms with Crippen LogP contribution in [0.2, 0.25) is 0 Å². The first-order valence-electron chi connectivity index (χ1n) is 5.07. The van der Waals surface area contributed by atoms with E-state index in [1.54, 1.807) is 19.1 Å². The minimum absolute atomic E-state index is 0.0616. The fraction of sp³-hybridized carbons (Fsp3) is 0.417. The zero-order chi connectivity index (χ0) is 13.3. The summed E-state index contributed by atoms with van der Waals surface area (Å²) in [6.45, 7) is 4.55. The monoisotopic (exact) mass is 253 g/mol. The number of nitriles is 1. The van der Waals surface area contributed by atoms with Crippen LogP contribution in [0, 0.1) is 18.3 Å². The summed E-state index contributed by atoms with van der Waals surface area (Å²) in [5.41, 5.74) is 0.804. The van der Waals surface area contributed by atoms with Crippen molar-refractivity contribution in [2.75, 3.05) is 7.11 Å². The third-order valence-electron chi connectivity index (χ3n) is 2.55. The van der Waals surface area contributed by atoms with Gasteiger partial charge in [0.2, 0.25) is 9.84 Å². The van der Waals surface area contributed by atoms with Gasteiger partial charge in [-0.05, 0) is 38.5 Å². The van der Waals surface area contributed by atoms with Crippen LogP contribution in [0.3, 0.4) is 0 Å². The zero-order valence-corrected chi connectivity index (χ0v) is 11.1. The van der Waals surface area contributed by atoms with E-state index in [0.29, 0.717) is 0 Å². The van der Waals surface area contributed by atoms with E-state index in [4.69, 9.17) is 10.00 Å². The Balaban J connectivity index is 3.55. The topological polar surface area (TPSA) is 67.2 Å². The van der Waals surface area contributed by atoms with Gasteiger partial charge in [0.1, 0.15) is 10.6 Å². The van der Waals surface area contributed by atoms with Crippen molar-refractivity contribution < 1.29 is 13.2 Å². The van der Waals surface area contributed by atoms with E-state index in [1.807, 2.05) is 6.07 Å². The highest BCUT2D eigenvalue weighted by molar-refractivity contribution is 7.93. The van der Waals surface area contributed by atoms with Crippen LogP contribution >= 0.6 is 0 Å². The molecule has 1 rings (SSSR count). The van der Waals surface area contributed by atoms with Gasteiger partial charge in [0.05, 0.1) is 13.2 Å². The van der Waals surface area contributed by atoms with Gasteiger partial charge in [-0.25, -0.2) is 8.42 Å². The van der Waals surface area contributed by atoms with Crippen molar-refractivity contribution >= 4 is 9.84 Å². The molecule has 0 heterocycles. The van der Waals surface area contributed by atoms with E-state index in [1.165, 1.54) is 27.0 Å². The molecule has 0 aliphatic heterocycles. The third kappa shape index (κ3) is 2.27. The number of methoxy groups -OCH3 is 1. The molecule has 0 aliphatic rings. The Labute approximate surface area is 102 Å². The molecule has 5 heteroatoms. The highest BCUT2D eigenvalue weighted by Crippen LogP contribution is 2.32. The quantitative estimate of drug-likeness (QED) is 0.827. The molecule has 0 N–H and O–H groups in total. The molecule has 0 unspecified atom stereocenters. The fourth-order valence-electron chi connectivity index (χ4n) is 1.33. The number of benzene rings is 1. The van der Waals surface area contributed by atoms with Crippen molar-refractivity contribution in [2.24, 2.45) is 0 Å². The molecule has 92 valence electrons. The predicted molar refractivity (Wildman–Crippen MR) is 64.6 cm³/mol. The molecule has 0 aliphatic carbocycles. The van der Waals surface area contributed by atoms with Crippen molar-refractivity contribution in [3.8, 4) is 11.8 Å². The summed E-state index contributed by atoms with van der Waals surface area (Å²) in [7, 11) is -2.33. The summed E-state index contributed by atoms with van der Waals surface area (Å²) in [6.07, 6.45) is 0. The number of nitrogens with zero attached hydrogens (tertiary/aromatic N) is 1. The Morgan fingerprint density at radius 3 is 2.41 bits per heavy atom. The molecule has 0 radical (unpaired) electrons.